The second kappa shape index (κ2) is 7.69. The molecule has 1 aliphatic rings. The van der Waals surface area contributed by atoms with Crippen molar-refractivity contribution in [3.05, 3.63) is 64.7 Å². The minimum absolute atomic E-state index is 0.102. The maximum absolute atomic E-state index is 12.7. The molecular weight excluding hydrogens is 324 g/mol. The van der Waals surface area contributed by atoms with E-state index in [1.54, 1.807) is 18.2 Å². The van der Waals surface area contributed by atoms with Crippen molar-refractivity contribution in [1.29, 1.82) is 0 Å². The van der Waals surface area contributed by atoms with E-state index >= 15 is 0 Å². The van der Waals surface area contributed by atoms with Crippen molar-refractivity contribution in [2.75, 3.05) is 26.2 Å². The number of aromatic hydroxyl groups is 1. The van der Waals surface area contributed by atoms with E-state index in [-0.39, 0.29) is 17.6 Å². The van der Waals surface area contributed by atoms with Crippen LogP contribution in [0.2, 0.25) is 5.02 Å². The van der Waals surface area contributed by atoms with Crippen molar-refractivity contribution in [2.45, 2.75) is 12.3 Å². The summed E-state index contributed by atoms with van der Waals surface area (Å²) in [5.74, 6) is 0.0541. The molecule has 5 heteroatoms. The smallest absolute Gasteiger partial charge is 0.223 e. The number of carbonyl (C=O) groups excluding carboxylic acids is 1. The molecule has 4 nitrogen and oxygen atoms in total. The van der Waals surface area contributed by atoms with Crippen LogP contribution < -0.4 is 5.32 Å². The maximum Gasteiger partial charge on any atom is 0.223 e. The molecule has 2 aromatic rings. The van der Waals surface area contributed by atoms with Gasteiger partial charge in [-0.1, -0.05) is 41.9 Å². The molecule has 0 bridgehead atoms. The molecule has 1 heterocycles. The third-order valence-corrected chi connectivity index (χ3v) is 4.65. The van der Waals surface area contributed by atoms with Crippen LogP contribution in [0.25, 0.3) is 0 Å². The Morgan fingerprint density at radius 2 is 1.88 bits per heavy atom. The molecule has 24 heavy (non-hydrogen) atoms. The summed E-state index contributed by atoms with van der Waals surface area (Å²) < 4.78 is 0. The summed E-state index contributed by atoms with van der Waals surface area (Å²) in [5.41, 5.74) is 1.69. The lowest BCUT2D eigenvalue weighted by atomic mass is 9.87. The van der Waals surface area contributed by atoms with Crippen molar-refractivity contribution in [3.8, 4) is 5.75 Å². The number of phenols is 1. The molecule has 3 rings (SSSR count). The van der Waals surface area contributed by atoms with Gasteiger partial charge in [-0.15, -0.1) is 0 Å². The number of hydrogen-bond acceptors (Lipinski definition) is 3. The van der Waals surface area contributed by atoms with Crippen molar-refractivity contribution in [2.24, 2.45) is 0 Å². The van der Waals surface area contributed by atoms with Gasteiger partial charge in [0.2, 0.25) is 5.91 Å². The Morgan fingerprint density at radius 1 is 1.17 bits per heavy atom. The molecule has 1 amide bonds. The molecule has 2 aromatic carbocycles. The zero-order chi connectivity index (χ0) is 16.9. The Bertz CT molecular complexity index is 700. The molecule has 0 aliphatic carbocycles. The normalized spacial score (nSPS) is 16.0. The van der Waals surface area contributed by atoms with Crippen LogP contribution in [0.4, 0.5) is 0 Å². The van der Waals surface area contributed by atoms with Gasteiger partial charge in [-0.3, -0.25) is 4.79 Å². The molecular formula is C19H21ClN2O2. The van der Waals surface area contributed by atoms with Crippen LogP contribution >= 0.6 is 11.6 Å². The molecule has 0 saturated carbocycles. The third kappa shape index (κ3) is 3.89. The molecule has 2 N–H and O–H groups in total. The molecule has 0 aromatic heterocycles. The van der Waals surface area contributed by atoms with Gasteiger partial charge in [-0.25, -0.2) is 0 Å². The van der Waals surface area contributed by atoms with Crippen molar-refractivity contribution in [1.82, 2.24) is 10.2 Å². The predicted molar refractivity (Wildman–Crippen MR) is 95.5 cm³/mol. The zero-order valence-electron chi connectivity index (χ0n) is 13.4. The van der Waals surface area contributed by atoms with Crippen LogP contribution in [0.3, 0.4) is 0 Å². The third-order valence-electron chi connectivity index (χ3n) is 4.42. The quantitative estimate of drug-likeness (QED) is 0.896. The second-order valence-corrected chi connectivity index (χ2v) is 6.44. The van der Waals surface area contributed by atoms with Crippen LogP contribution in [0, 0.1) is 0 Å². The summed E-state index contributed by atoms with van der Waals surface area (Å²) in [7, 11) is 0. The summed E-state index contributed by atoms with van der Waals surface area (Å²) in [6.07, 6.45) is 0.317. The second-order valence-electron chi connectivity index (χ2n) is 6.00. The van der Waals surface area contributed by atoms with Gasteiger partial charge in [0.05, 0.1) is 0 Å². The van der Waals surface area contributed by atoms with Crippen LogP contribution in [0.5, 0.6) is 5.75 Å². The first-order valence-corrected chi connectivity index (χ1v) is 8.55. The number of halogens is 1. The molecule has 0 unspecified atom stereocenters. The van der Waals surface area contributed by atoms with Gasteiger partial charge in [0.15, 0.2) is 0 Å². The van der Waals surface area contributed by atoms with Gasteiger partial charge >= 0.3 is 0 Å². The van der Waals surface area contributed by atoms with Gasteiger partial charge in [0, 0.05) is 49.1 Å². The molecule has 1 saturated heterocycles. The highest BCUT2D eigenvalue weighted by molar-refractivity contribution is 6.30. The lowest BCUT2D eigenvalue weighted by Crippen LogP contribution is -2.46. The molecule has 126 valence electrons. The summed E-state index contributed by atoms with van der Waals surface area (Å²) in [6, 6.07) is 14.8. The lowest BCUT2D eigenvalue weighted by molar-refractivity contribution is -0.132. The Labute approximate surface area is 147 Å². The summed E-state index contributed by atoms with van der Waals surface area (Å²) in [6.45, 7) is 3.10. The van der Waals surface area contributed by atoms with Crippen molar-refractivity contribution >= 4 is 17.5 Å². The van der Waals surface area contributed by atoms with E-state index in [0.29, 0.717) is 17.0 Å². The summed E-state index contributed by atoms with van der Waals surface area (Å²) >= 11 is 6.12. The first-order chi connectivity index (χ1) is 11.6. The highest BCUT2D eigenvalue weighted by Gasteiger charge is 2.25. The number of benzene rings is 2. The monoisotopic (exact) mass is 344 g/mol. The minimum Gasteiger partial charge on any atom is -0.508 e. The number of rotatable bonds is 4. The van der Waals surface area contributed by atoms with Gasteiger partial charge < -0.3 is 15.3 Å². The first-order valence-electron chi connectivity index (χ1n) is 8.17. The minimum atomic E-state index is -0.215. The number of piperazine rings is 1. The summed E-state index contributed by atoms with van der Waals surface area (Å²) in [4.78, 5) is 14.6. The van der Waals surface area contributed by atoms with E-state index in [0.717, 1.165) is 31.7 Å². The molecule has 0 radical (unpaired) electrons. The Hall–Kier alpha value is -2.04. The van der Waals surface area contributed by atoms with E-state index in [9.17, 15) is 9.90 Å². The number of nitrogens with one attached hydrogen (secondary N) is 1. The zero-order valence-corrected chi connectivity index (χ0v) is 14.2. The van der Waals surface area contributed by atoms with E-state index in [2.05, 4.69) is 5.32 Å². The topological polar surface area (TPSA) is 52.6 Å². The van der Waals surface area contributed by atoms with Gasteiger partial charge in [0.25, 0.3) is 0 Å². The fourth-order valence-corrected chi connectivity index (χ4v) is 3.30. The maximum atomic E-state index is 12.7. The number of phenolic OH excluding ortho intramolecular Hbond substituents is 1. The van der Waals surface area contributed by atoms with E-state index in [4.69, 9.17) is 11.6 Å². The average Bonchev–Trinajstić information content (AvgIpc) is 2.63. The van der Waals surface area contributed by atoms with Crippen molar-refractivity contribution < 1.29 is 9.90 Å². The number of amides is 1. The van der Waals surface area contributed by atoms with Gasteiger partial charge in [0.1, 0.15) is 5.75 Å². The fraction of sp³-hybridized carbons (Fsp3) is 0.316. The first kappa shape index (κ1) is 16.8. The van der Waals surface area contributed by atoms with Crippen LogP contribution in [-0.4, -0.2) is 42.1 Å². The number of nitrogens with zero attached hydrogens (tertiary/aromatic N) is 1. The highest BCUT2D eigenvalue weighted by Crippen LogP contribution is 2.36. The SMILES string of the molecule is O=C(C[C@@H](c1ccccc1)c1cc(Cl)ccc1O)N1CCNCC1. The van der Waals surface area contributed by atoms with Crippen LogP contribution in [0.1, 0.15) is 23.5 Å². The molecule has 1 atom stereocenters. The number of carbonyl (C=O) groups is 1. The lowest BCUT2D eigenvalue weighted by Gasteiger charge is -2.29. The average molecular weight is 345 g/mol. The van der Waals surface area contributed by atoms with Crippen LogP contribution in [-0.2, 0) is 4.79 Å². The Morgan fingerprint density at radius 3 is 2.58 bits per heavy atom. The highest BCUT2D eigenvalue weighted by atomic mass is 35.5. The van der Waals surface area contributed by atoms with E-state index in [1.165, 1.54) is 0 Å². The Kier molecular flexibility index (Phi) is 5.38. The number of hydrogen-bond donors (Lipinski definition) is 2. The molecule has 1 aliphatic heterocycles. The summed E-state index contributed by atoms with van der Waals surface area (Å²) in [5, 5.41) is 14.1. The van der Waals surface area contributed by atoms with E-state index in [1.807, 2.05) is 35.2 Å². The molecule has 0 spiro atoms. The largest absolute Gasteiger partial charge is 0.508 e. The predicted octanol–water partition coefficient (Wildman–Crippen LogP) is 3.00. The molecule has 1 fully saturated rings. The Balaban J connectivity index is 1.90. The van der Waals surface area contributed by atoms with Gasteiger partial charge in [-0.2, -0.15) is 0 Å². The van der Waals surface area contributed by atoms with Crippen molar-refractivity contribution in [3.63, 3.8) is 0 Å². The standard InChI is InChI=1S/C19H21ClN2O2/c20-15-6-7-18(23)17(12-15)16(14-4-2-1-3-5-14)13-19(24)22-10-8-21-9-11-22/h1-7,12,16,21,23H,8-11,13H2/t16-/m0/s1. The fourth-order valence-electron chi connectivity index (χ4n) is 3.12. The van der Waals surface area contributed by atoms with Crippen LogP contribution in [0.15, 0.2) is 48.5 Å². The van der Waals surface area contributed by atoms with Gasteiger partial charge in [-0.05, 0) is 23.8 Å². The van der Waals surface area contributed by atoms with E-state index < -0.39 is 0 Å².